The number of hydrogen-bond acceptors (Lipinski definition) is 3. The maximum Gasteiger partial charge on any atom is 0.254 e. The van der Waals surface area contributed by atoms with Crippen molar-refractivity contribution in [2.24, 2.45) is 5.92 Å². The van der Waals surface area contributed by atoms with E-state index in [2.05, 4.69) is 10.6 Å². The first-order valence-electron chi connectivity index (χ1n) is 10.0. The summed E-state index contributed by atoms with van der Waals surface area (Å²) in [5.41, 5.74) is 0.753. The topological polar surface area (TPSA) is 61.4 Å². The summed E-state index contributed by atoms with van der Waals surface area (Å²) in [5.74, 6) is 0.227. The molecule has 5 heteroatoms. The summed E-state index contributed by atoms with van der Waals surface area (Å²) in [4.78, 5) is 27.3. The maximum atomic E-state index is 13.0. The summed E-state index contributed by atoms with van der Waals surface area (Å²) in [6.45, 7) is 3.05. The Kier molecular flexibility index (Phi) is 5.39. The van der Waals surface area contributed by atoms with E-state index in [4.69, 9.17) is 0 Å². The van der Waals surface area contributed by atoms with E-state index in [0.29, 0.717) is 25.7 Å². The molecule has 2 saturated heterocycles. The third-order valence-electron chi connectivity index (χ3n) is 5.86. The molecule has 2 aromatic rings. The first-order chi connectivity index (χ1) is 13.2. The standard InChI is InChI=1S/C22H27N3O2/c26-21(24-15-18-7-4-12-23-18)17-10-13-25(14-11-17)22(27)20-9-3-6-16-5-1-2-8-19(16)20/h1-3,5-6,8-9,17-18,23H,4,7,10-15H2,(H,24,26). The van der Waals surface area contributed by atoms with Crippen molar-refractivity contribution >= 4 is 22.6 Å². The molecule has 0 bridgehead atoms. The molecule has 27 heavy (non-hydrogen) atoms. The molecule has 2 aliphatic heterocycles. The van der Waals surface area contributed by atoms with Crippen LogP contribution in [-0.2, 0) is 4.79 Å². The van der Waals surface area contributed by atoms with Crippen molar-refractivity contribution in [1.82, 2.24) is 15.5 Å². The SMILES string of the molecule is O=C(NCC1CCCN1)C1CCN(C(=O)c2cccc3ccccc23)CC1. The minimum atomic E-state index is 0.0166. The molecule has 2 aromatic carbocycles. The largest absolute Gasteiger partial charge is 0.354 e. The summed E-state index contributed by atoms with van der Waals surface area (Å²) in [6.07, 6.45) is 3.80. The second kappa shape index (κ2) is 8.09. The van der Waals surface area contributed by atoms with Crippen LogP contribution in [0.25, 0.3) is 10.8 Å². The Labute approximate surface area is 160 Å². The normalized spacial score (nSPS) is 20.7. The predicted octanol–water partition coefficient (Wildman–Crippen LogP) is 2.56. The van der Waals surface area contributed by atoms with Gasteiger partial charge in [0, 0.05) is 37.2 Å². The molecule has 142 valence electrons. The van der Waals surface area contributed by atoms with Crippen LogP contribution in [0.1, 0.15) is 36.0 Å². The van der Waals surface area contributed by atoms with Gasteiger partial charge in [-0.25, -0.2) is 0 Å². The first kappa shape index (κ1) is 18.0. The maximum absolute atomic E-state index is 13.0. The Balaban J connectivity index is 1.34. The molecule has 2 heterocycles. The zero-order valence-corrected chi connectivity index (χ0v) is 15.6. The fourth-order valence-electron chi connectivity index (χ4n) is 4.23. The van der Waals surface area contributed by atoms with Crippen molar-refractivity contribution in [3.05, 3.63) is 48.0 Å². The molecule has 2 aliphatic rings. The summed E-state index contributed by atoms with van der Waals surface area (Å²) < 4.78 is 0. The number of likely N-dealkylation sites (tertiary alicyclic amines) is 1. The van der Waals surface area contributed by atoms with Crippen molar-refractivity contribution in [2.75, 3.05) is 26.2 Å². The van der Waals surface area contributed by atoms with E-state index >= 15 is 0 Å². The highest BCUT2D eigenvalue weighted by Crippen LogP contribution is 2.23. The van der Waals surface area contributed by atoms with Crippen LogP contribution in [-0.4, -0.2) is 48.9 Å². The monoisotopic (exact) mass is 365 g/mol. The number of carbonyl (C=O) groups is 2. The third-order valence-corrected chi connectivity index (χ3v) is 5.86. The van der Waals surface area contributed by atoms with Crippen LogP contribution in [0.2, 0.25) is 0 Å². The van der Waals surface area contributed by atoms with Gasteiger partial charge in [0.15, 0.2) is 0 Å². The van der Waals surface area contributed by atoms with Gasteiger partial charge in [-0.1, -0.05) is 36.4 Å². The van der Waals surface area contributed by atoms with Crippen LogP contribution in [0, 0.1) is 5.92 Å². The van der Waals surface area contributed by atoms with Crippen molar-refractivity contribution in [2.45, 2.75) is 31.7 Å². The van der Waals surface area contributed by atoms with Gasteiger partial charge in [-0.3, -0.25) is 9.59 Å². The molecular weight excluding hydrogens is 338 g/mol. The lowest BCUT2D eigenvalue weighted by Gasteiger charge is -2.32. The third kappa shape index (κ3) is 3.98. The summed E-state index contributed by atoms with van der Waals surface area (Å²) >= 11 is 0. The van der Waals surface area contributed by atoms with E-state index < -0.39 is 0 Å². The van der Waals surface area contributed by atoms with Crippen LogP contribution in [0.5, 0.6) is 0 Å². The molecule has 0 aromatic heterocycles. The highest BCUT2D eigenvalue weighted by molar-refractivity contribution is 6.07. The Morgan fingerprint density at radius 2 is 1.81 bits per heavy atom. The smallest absolute Gasteiger partial charge is 0.254 e. The van der Waals surface area contributed by atoms with Crippen molar-refractivity contribution in [1.29, 1.82) is 0 Å². The highest BCUT2D eigenvalue weighted by Gasteiger charge is 2.28. The van der Waals surface area contributed by atoms with Gasteiger partial charge in [0.25, 0.3) is 5.91 Å². The highest BCUT2D eigenvalue weighted by atomic mass is 16.2. The molecule has 5 nitrogen and oxygen atoms in total. The van der Waals surface area contributed by atoms with Crippen LogP contribution < -0.4 is 10.6 Å². The number of amides is 2. The first-order valence-corrected chi connectivity index (χ1v) is 10.0. The molecule has 0 saturated carbocycles. The summed E-state index contributed by atoms with van der Waals surface area (Å²) in [7, 11) is 0. The quantitative estimate of drug-likeness (QED) is 0.875. The number of piperidine rings is 1. The second-order valence-corrected chi connectivity index (χ2v) is 7.63. The molecule has 2 amide bonds. The summed E-state index contributed by atoms with van der Waals surface area (Å²) in [5, 5.41) is 8.57. The van der Waals surface area contributed by atoms with Crippen LogP contribution in [0.4, 0.5) is 0 Å². The minimum absolute atomic E-state index is 0.0166. The number of hydrogen-bond donors (Lipinski definition) is 2. The fraction of sp³-hybridized carbons (Fsp3) is 0.455. The molecule has 2 N–H and O–H groups in total. The summed E-state index contributed by atoms with van der Waals surface area (Å²) in [6, 6.07) is 14.3. The van der Waals surface area contributed by atoms with E-state index in [9.17, 15) is 9.59 Å². The number of nitrogens with zero attached hydrogens (tertiary/aromatic N) is 1. The second-order valence-electron chi connectivity index (χ2n) is 7.63. The van der Waals surface area contributed by atoms with E-state index in [0.717, 1.165) is 42.1 Å². The van der Waals surface area contributed by atoms with Crippen molar-refractivity contribution < 1.29 is 9.59 Å². The Bertz CT molecular complexity index is 816. The van der Waals surface area contributed by atoms with Crippen molar-refractivity contribution in [3.8, 4) is 0 Å². The van der Waals surface area contributed by atoms with Gasteiger partial charge in [0.05, 0.1) is 0 Å². The van der Waals surface area contributed by atoms with Crippen LogP contribution in [0.3, 0.4) is 0 Å². The molecule has 0 spiro atoms. The van der Waals surface area contributed by atoms with E-state index in [-0.39, 0.29) is 17.7 Å². The number of carbonyl (C=O) groups excluding carboxylic acids is 2. The van der Waals surface area contributed by atoms with Gasteiger partial charge in [-0.05, 0) is 49.1 Å². The van der Waals surface area contributed by atoms with Crippen LogP contribution >= 0.6 is 0 Å². The van der Waals surface area contributed by atoms with Gasteiger partial charge < -0.3 is 15.5 Å². The number of fused-ring (bicyclic) bond motifs is 1. The van der Waals surface area contributed by atoms with Gasteiger partial charge in [-0.2, -0.15) is 0 Å². The number of rotatable bonds is 4. The number of benzene rings is 2. The van der Waals surface area contributed by atoms with E-state index in [1.807, 2.05) is 47.4 Å². The van der Waals surface area contributed by atoms with Gasteiger partial charge in [0.2, 0.25) is 5.91 Å². The molecule has 0 radical (unpaired) electrons. The Hall–Kier alpha value is -2.40. The number of nitrogens with one attached hydrogen (secondary N) is 2. The Morgan fingerprint density at radius 3 is 2.59 bits per heavy atom. The molecule has 1 atom stereocenters. The molecule has 2 fully saturated rings. The molecular formula is C22H27N3O2. The van der Waals surface area contributed by atoms with Gasteiger partial charge in [-0.15, -0.1) is 0 Å². The Morgan fingerprint density at radius 1 is 1.04 bits per heavy atom. The average Bonchev–Trinajstić information content (AvgIpc) is 3.25. The molecule has 1 unspecified atom stereocenters. The van der Waals surface area contributed by atoms with Crippen LogP contribution in [0.15, 0.2) is 42.5 Å². The fourth-order valence-corrected chi connectivity index (χ4v) is 4.23. The predicted molar refractivity (Wildman–Crippen MR) is 107 cm³/mol. The zero-order valence-electron chi connectivity index (χ0n) is 15.6. The lowest BCUT2D eigenvalue weighted by atomic mass is 9.94. The molecule has 0 aliphatic carbocycles. The minimum Gasteiger partial charge on any atom is -0.354 e. The van der Waals surface area contributed by atoms with Gasteiger partial charge in [0.1, 0.15) is 0 Å². The van der Waals surface area contributed by atoms with Gasteiger partial charge >= 0.3 is 0 Å². The lowest BCUT2D eigenvalue weighted by Crippen LogP contribution is -2.45. The zero-order chi connectivity index (χ0) is 18.6. The van der Waals surface area contributed by atoms with Crippen molar-refractivity contribution in [3.63, 3.8) is 0 Å². The average molecular weight is 365 g/mol. The molecule has 4 rings (SSSR count). The lowest BCUT2D eigenvalue weighted by molar-refractivity contribution is -0.126. The van der Waals surface area contributed by atoms with E-state index in [1.165, 1.54) is 6.42 Å². The van der Waals surface area contributed by atoms with E-state index in [1.54, 1.807) is 0 Å².